The largest absolute Gasteiger partial charge is 0.501 e. The molecule has 0 aromatic rings. The summed E-state index contributed by atoms with van der Waals surface area (Å²) >= 11 is 0. The summed E-state index contributed by atoms with van der Waals surface area (Å²) in [5, 5.41) is 0. The summed E-state index contributed by atoms with van der Waals surface area (Å²) in [6, 6.07) is 0.403. The second kappa shape index (κ2) is 3.79. The van der Waals surface area contributed by atoms with E-state index < -0.39 is 8.80 Å². The Morgan fingerprint density at radius 2 is 2.00 bits per heavy atom. The third-order valence-corrected chi connectivity index (χ3v) is 3.12. The lowest BCUT2D eigenvalue weighted by Gasteiger charge is -2.16. The molecular weight excluding hydrogens is 136 g/mol. The summed E-state index contributed by atoms with van der Waals surface area (Å²) < 4.78 is 9.46. The molecule has 0 saturated carbocycles. The minimum atomic E-state index is -2.82. The Kier molecular flexibility index (Phi) is 3.72. The third kappa shape index (κ3) is 2.76. The Hall–Kier alpha value is -0.163. The van der Waals surface area contributed by atoms with Gasteiger partial charge in [-0.1, -0.05) is 6.08 Å². The molecule has 0 aliphatic carbocycles. The van der Waals surface area contributed by atoms with Crippen molar-refractivity contribution >= 4 is 8.80 Å². The number of allylic oxidation sites excluding steroid dienone is 1. The molecule has 0 fully saturated rings. The summed E-state index contributed by atoms with van der Waals surface area (Å²) in [5.41, 5.74) is 0. The first kappa shape index (κ1) is 8.84. The molecule has 3 nitrogen and oxygen atoms in total. The molecule has 9 heavy (non-hydrogen) atoms. The molecule has 0 aromatic carbocycles. The van der Waals surface area contributed by atoms with E-state index >= 15 is 0 Å². The van der Waals surface area contributed by atoms with Gasteiger partial charge in [0.15, 0.2) is 0 Å². The fourth-order valence-electron chi connectivity index (χ4n) is 0.432. The van der Waals surface area contributed by atoms with Crippen molar-refractivity contribution in [1.82, 2.24) is 0 Å². The zero-order valence-electron chi connectivity index (χ0n) is 5.76. The van der Waals surface area contributed by atoms with Gasteiger partial charge in [0.05, 0.1) is 0 Å². The average Bonchev–Trinajstić information content (AvgIpc) is 1.89. The van der Waals surface area contributed by atoms with Gasteiger partial charge < -0.3 is 13.6 Å². The monoisotopic (exact) mass is 148 g/mol. The third-order valence-electron chi connectivity index (χ3n) is 1.04. The van der Waals surface area contributed by atoms with Gasteiger partial charge in [-0.15, -0.1) is 6.58 Å². The summed E-state index contributed by atoms with van der Waals surface area (Å²) in [6.45, 7) is 3.46. The molecule has 54 valence electrons. The Morgan fingerprint density at radius 1 is 1.56 bits per heavy atom. The predicted octanol–water partition coefficient (Wildman–Crippen LogP) is 0.396. The van der Waals surface area contributed by atoms with Gasteiger partial charge in [0.25, 0.3) is 0 Å². The molecule has 1 N–H and O–H groups in total. The van der Waals surface area contributed by atoms with Crippen molar-refractivity contribution in [2.45, 2.75) is 6.04 Å². The minimum Gasteiger partial charge on any atom is -0.390 e. The lowest BCUT2D eigenvalue weighted by atomic mass is 10.8. The zero-order chi connectivity index (χ0) is 7.33. The first-order valence-electron chi connectivity index (χ1n) is 2.62. The highest BCUT2D eigenvalue weighted by atomic mass is 28.4. The zero-order valence-corrected chi connectivity index (χ0v) is 6.76. The highest BCUT2D eigenvalue weighted by Gasteiger charge is 2.31. The van der Waals surface area contributed by atoms with E-state index in [2.05, 4.69) is 6.58 Å². The van der Waals surface area contributed by atoms with Crippen molar-refractivity contribution in [2.75, 3.05) is 14.2 Å². The Morgan fingerprint density at radius 3 is 2.11 bits per heavy atom. The highest BCUT2D eigenvalue weighted by Crippen LogP contribution is 2.06. The number of hydrogen-bond donors (Lipinski definition) is 1. The van der Waals surface area contributed by atoms with Crippen LogP contribution in [0.5, 0.6) is 0 Å². The van der Waals surface area contributed by atoms with Gasteiger partial charge in [-0.05, 0) is 0 Å². The van der Waals surface area contributed by atoms with E-state index in [0.717, 1.165) is 0 Å². The summed E-state index contributed by atoms with van der Waals surface area (Å²) in [7, 11) is 0.0442. The highest BCUT2D eigenvalue weighted by molar-refractivity contribution is 6.59. The molecule has 0 rings (SSSR count). The molecule has 0 aliphatic rings. The predicted molar refractivity (Wildman–Crippen MR) is 37.0 cm³/mol. The van der Waals surface area contributed by atoms with E-state index in [-0.39, 0.29) is 0 Å². The molecule has 0 saturated heterocycles. The van der Waals surface area contributed by atoms with Gasteiger partial charge in [0.2, 0.25) is 0 Å². The Labute approximate surface area is 56.3 Å². The molecule has 0 radical (unpaired) electrons. The van der Waals surface area contributed by atoms with E-state index in [4.69, 9.17) is 8.85 Å². The van der Waals surface area contributed by atoms with Crippen LogP contribution in [0.1, 0.15) is 0 Å². The minimum absolute atomic E-state index is 0.403. The van der Waals surface area contributed by atoms with Gasteiger partial charge >= 0.3 is 8.80 Å². The van der Waals surface area contributed by atoms with Crippen LogP contribution in [0.15, 0.2) is 12.7 Å². The van der Waals surface area contributed by atoms with Crippen LogP contribution in [0.4, 0.5) is 0 Å². The lowest BCUT2D eigenvalue weighted by molar-refractivity contribution is 0.155. The van der Waals surface area contributed by atoms with Crippen molar-refractivity contribution in [3.8, 4) is 0 Å². The topological polar surface area (TPSA) is 38.7 Å². The maximum absolute atomic E-state index is 9.25. The van der Waals surface area contributed by atoms with Crippen LogP contribution < -0.4 is 0 Å². The quantitative estimate of drug-likeness (QED) is 0.463. The van der Waals surface area contributed by atoms with Gasteiger partial charge in [0, 0.05) is 20.3 Å². The van der Waals surface area contributed by atoms with Crippen LogP contribution in [0, 0.1) is 0 Å². The standard InChI is InChI=1S/C5H12O3Si/c1-4-5-9(6,7-2)8-3/h4,6H,1,5H2,2-3H3. The number of hydrogen-bond acceptors (Lipinski definition) is 3. The van der Waals surface area contributed by atoms with E-state index in [9.17, 15) is 4.80 Å². The van der Waals surface area contributed by atoms with E-state index in [0.29, 0.717) is 6.04 Å². The molecule has 0 heterocycles. The molecule has 0 spiro atoms. The van der Waals surface area contributed by atoms with Crippen LogP contribution in [0.3, 0.4) is 0 Å². The first-order chi connectivity index (χ1) is 4.18. The molecule has 0 aliphatic heterocycles. The number of rotatable bonds is 4. The second-order valence-electron chi connectivity index (χ2n) is 1.61. The first-order valence-corrected chi connectivity index (χ1v) is 4.59. The van der Waals surface area contributed by atoms with Gasteiger partial charge in [-0.3, -0.25) is 0 Å². The molecule has 0 unspecified atom stereocenters. The van der Waals surface area contributed by atoms with Crippen LogP contribution in [-0.4, -0.2) is 27.8 Å². The van der Waals surface area contributed by atoms with Crippen molar-refractivity contribution in [2.24, 2.45) is 0 Å². The van der Waals surface area contributed by atoms with Crippen LogP contribution >= 0.6 is 0 Å². The molecule has 0 aromatic heterocycles. The van der Waals surface area contributed by atoms with Crippen molar-refractivity contribution in [3.63, 3.8) is 0 Å². The van der Waals surface area contributed by atoms with E-state index in [1.54, 1.807) is 6.08 Å². The van der Waals surface area contributed by atoms with Crippen LogP contribution in [0.2, 0.25) is 6.04 Å². The SMILES string of the molecule is C=CC[Si](O)(OC)OC. The fraction of sp³-hybridized carbons (Fsp3) is 0.600. The smallest absolute Gasteiger partial charge is 0.390 e. The fourth-order valence-corrected chi connectivity index (χ4v) is 1.30. The summed E-state index contributed by atoms with van der Waals surface area (Å²) in [5.74, 6) is 0. The van der Waals surface area contributed by atoms with Crippen molar-refractivity contribution in [3.05, 3.63) is 12.7 Å². The maximum atomic E-state index is 9.25. The van der Waals surface area contributed by atoms with Gasteiger partial charge in [0.1, 0.15) is 0 Å². The van der Waals surface area contributed by atoms with Gasteiger partial charge in [-0.2, -0.15) is 0 Å². The molecular formula is C5H12O3Si. The van der Waals surface area contributed by atoms with Crippen LogP contribution in [0.25, 0.3) is 0 Å². The molecule has 0 bridgehead atoms. The van der Waals surface area contributed by atoms with E-state index in [1.807, 2.05) is 0 Å². The van der Waals surface area contributed by atoms with Crippen molar-refractivity contribution < 1.29 is 13.6 Å². The Balaban J connectivity index is 3.75. The molecule has 4 heteroatoms. The lowest BCUT2D eigenvalue weighted by Crippen LogP contribution is -2.39. The van der Waals surface area contributed by atoms with E-state index in [1.165, 1.54) is 14.2 Å². The summed E-state index contributed by atoms with van der Waals surface area (Å²) in [6.07, 6.45) is 1.58. The normalized spacial score (nSPS) is 11.4. The van der Waals surface area contributed by atoms with Gasteiger partial charge in [-0.25, -0.2) is 0 Å². The average molecular weight is 148 g/mol. The summed E-state index contributed by atoms with van der Waals surface area (Å²) in [4.78, 5) is 9.25. The van der Waals surface area contributed by atoms with Crippen molar-refractivity contribution in [1.29, 1.82) is 0 Å². The Bertz CT molecular complexity index is 90.2. The van der Waals surface area contributed by atoms with Crippen LogP contribution in [-0.2, 0) is 8.85 Å². The molecule has 0 atom stereocenters. The second-order valence-corrected chi connectivity index (χ2v) is 4.26. The maximum Gasteiger partial charge on any atom is 0.501 e. The molecule has 0 amide bonds.